The molecular formula is C20H23ClN4O4S. The highest BCUT2D eigenvalue weighted by molar-refractivity contribution is 7.09. The van der Waals surface area contributed by atoms with Crippen molar-refractivity contribution in [1.29, 1.82) is 0 Å². The van der Waals surface area contributed by atoms with Crippen LogP contribution < -0.4 is 22.1 Å². The summed E-state index contributed by atoms with van der Waals surface area (Å²) in [5, 5.41) is 7.62. The van der Waals surface area contributed by atoms with Crippen molar-refractivity contribution in [2.45, 2.75) is 37.8 Å². The van der Waals surface area contributed by atoms with E-state index in [0.717, 1.165) is 10.4 Å². The number of halogens is 1. The molecular weight excluding hydrogens is 428 g/mol. The van der Waals surface area contributed by atoms with Crippen LogP contribution in [0, 0.1) is 0 Å². The zero-order valence-corrected chi connectivity index (χ0v) is 17.7. The Bertz CT molecular complexity index is 887. The number of carbonyl (C=O) groups is 4. The van der Waals surface area contributed by atoms with Gasteiger partial charge in [-0.2, -0.15) is 0 Å². The molecule has 0 spiro atoms. The first-order valence-electron chi connectivity index (χ1n) is 9.18. The van der Waals surface area contributed by atoms with Gasteiger partial charge in [0.15, 0.2) is 0 Å². The minimum absolute atomic E-state index is 0.125. The first-order chi connectivity index (χ1) is 14.2. The SMILES string of the molecule is NC(=O)CCC(=O)NC(Cc1cccs1)C(=O)N[C@@H](Cc1ccc(Cl)cc1)C(N)=O. The second kappa shape index (κ2) is 11.3. The number of rotatable bonds is 11. The maximum absolute atomic E-state index is 12.9. The van der Waals surface area contributed by atoms with Crippen molar-refractivity contribution in [3.05, 3.63) is 57.2 Å². The molecule has 1 heterocycles. The van der Waals surface area contributed by atoms with E-state index >= 15 is 0 Å². The van der Waals surface area contributed by atoms with Gasteiger partial charge in [0, 0.05) is 35.6 Å². The molecule has 0 bridgehead atoms. The molecule has 1 aromatic heterocycles. The van der Waals surface area contributed by atoms with Gasteiger partial charge in [-0.05, 0) is 29.1 Å². The summed E-state index contributed by atoms with van der Waals surface area (Å²) in [5.41, 5.74) is 11.3. The highest BCUT2D eigenvalue weighted by Crippen LogP contribution is 2.13. The zero-order valence-electron chi connectivity index (χ0n) is 16.1. The predicted molar refractivity (Wildman–Crippen MR) is 115 cm³/mol. The van der Waals surface area contributed by atoms with Gasteiger partial charge >= 0.3 is 0 Å². The second-order valence-corrected chi connectivity index (χ2v) is 8.13. The maximum atomic E-state index is 12.9. The van der Waals surface area contributed by atoms with Crippen molar-refractivity contribution in [2.24, 2.45) is 11.5 Å². The van der Waals surface area contributed by atoms with E-state index in [2.05, 4.69) is 10.6 Å². The minimum atomic E-state index is -0.966. The van der Waals surface area contributed by atoms with E-state index < -0.39 is 35.7 Å². The molecule has 0 radical (unpaired) electrons. The predicted octanol–water partition coefficient (Wildman–Crippen LogP) is 0.907. The number of hydrogen-bond acceptors (Lipinski definition) is 5. The number of thiophene rings is 1. The Kier molecular flexibility index (Phi) is 8.82. The van der Waals surface area contributed by atoms with E-state index in [1.165, 1.54) is 11.3 Å². The van der Waals surface area contributed by atoms with Crippen LogP contribution in [0.15, 0.2) is 41.8 Å². The van der Waals surface area contributed by atoms with Crippen molar-refractivity contribution in [3.8, 4) is 0 Å². The summed E-state index contributed by atoms with van der Waals surface area (Å²) in [4.78, 5) is 48.7. The highest BCUT2D eigenvalue weighted by atomic mass is 35.5. The lowest BCUT2D eigenvalue weighted by Crippen LogP contribution is -2.54. The Labute approximate surface area is 183 Å². The maximum Gasteiger partial charge on any atom is 0.243 e. The third-order valence-corrected chi connectivity index (χ3v) is 5.40. The minimum Gasteiger partial charge on any atom is -0.370 e. The molecule has 2 atom stereocenters. The molecule has 1 aromatic carbocycles. The molecule has 0 aliphatic rings. The number of primary amides is 2. The fourth-order valence-corrected chi connectivity index (χ4v) is 3.57. The molecule has 0 aliphatic heterocycles. The van der Waals surface area contributed by atoms with E-state index in [0.29, 0.717) is 5.02 Å². The average Bonchev–Trinajstić information content (AvgIpc) is 3.20. The molecule has 1 unspecified atom stereocenters. The van der Waals surface area contributed by atoms with Gasteiger partial charge in [0.05, 0.1) is 0 Å². The first-order valence-corrected chi connectivity index (χ1v) is 10.4. The van der Waals surface area contributed by atoms with E-state index in [4.69, 9.17) is 23.1 Å². The topological polar surface area (TPSA) is 144 Å². The number of amides is 4. The summed E-state index contributed by atoms with van der Waals surface area (Å²) < 4.78 is 0. The second-order valence-electron chi connectivity index (χ2n) is 6.66. The van der Waals surface area contributed by atoms with Gasteiger partial charge in [0.25, 0.3) is 0 Å². The molecule has 8 nitrogen and oxygen atoms in total. The van der Waals surface area contributed by atoms with Crippen LogP contribution in [0.3, 0.4) is 0 Å². The van der Waals surface area contributed by atoms with Crippen molar-refractivity contribution in [1.82, 2.24) is 10.6 Å². The van der Waals surface area contributed by atoms with E-state index in [1.54, 1.807) is 24.3 Å². The molecule has 2 rings (SSSR count). The molecule has 30 heavy (non-hydrogen) atoms. The van der Waals surface area contributed by atoms with Crippen molar-refractivity contribution in [3.63, 3.8) is 0 Å². The lowest BCUT2D eigenvalue weighted by Gasteiger charge is -2.22. The van der Waals surface area contributed by atoms with Crippen LogP contribution in [0.5, 0.6) is 0 Å². The summed E-state index contributed by atoms with van der Waals surface area (Å²) >= 11 is 7.30. The van der Waals surface area contributed by atoms with Crippen LogP contribution in [0.25, 0.3) is 0 Å². The van der Waals surface area contributed by atoms with E-state index in [1.807, 2.05) is 17.5 Å². The summed E-state index contributed by atoms with van der Waals surface area (Å²) in [6, 6.07) is 8.59. The number of hydrogen-bond donors (Lipinski definition) is 4. The quantitative estimate of drug-likeness (QED) is 0.403. The Hall–Kier alpha value is -2.91. The van der Waals surface area contributed by atoms with Gasteiger partial charge in [0.1, 0.15) is 12.1 Å². The van der Waals surface area contributed by atoms with Crippen LogP contribution in [-0.2, 0) is 32.0 Å². The van der Waals surface area contributed by atoms with Gasteiger partial charge in [-0.25, -0.2) is 0 Å². The van der Waals surface area contributed by atoms with Gasteiger partial charge in [-0.3, -0.25) is 19.2 Å². The summed E-state index contributed by atoms with van der Waals surface area (Å²) in [5.74, 6) is -2.35. The van der Waals surface area contributed by atoms with Gasteiger partial charge in [0.2, 0.25) is 23.6 Å². The molecule has 160 valence electrons. The van der Waals surface area contributed by atoms with Gasteiger partial charge in [-0.15, -0.1) is 11.3 Å². The van der Waals surface area contributed by atoms with Gasteiger partial charge in [-0.1, -0.05) is 29.8 Å². The largest absolute Gasteiger partial charge is 0.370 e. The fraction of sp³-hybridized carbons (Fsp3) is 0.300. The number of benzene rings is 1. The average molecular weight is 451 g/mol. The van der Waals surface area contributed by atoms with Gasteiger partial charge < -0.3 is 22.1 Å². The highest BCUT2D eigenvalue weighted by Gasteiger charge is 2.26. The Morgan fingerprint density at radius 3 is 2.20 bits per heavy atom. The molecule has 0 aliphatic carbocycles. The summed E-state index contributed by atoms with van der Waals surface area (Å²) in [6.07, 6.45) is 0.158. The van der Waals surface area contributed by atoms with Crippen molar-refractivity contribution < 1.29 is 19.2 Å². The number of carbonyl (C=O) groups excluding carboxylic acids is 4. The fourth-order valence-electron chi connectivity index (χ4n) is 2.69. The van der Waals surface area contributed by atoms with Crippen LogP contribution in [0.1, 0.15) is 23.3 Å². The van der Waals surface area contributed by atoms with Crippen LogP contribution in [0.4, 0.5) is 0 Å². The molecule has 0 fully saturated rings. The molecule has 0 saturated heterocycles. The van der Waals surface area contributed by atoms with Crippen LogP contribution >= 0.6 is 22.9 Å². The number of nitrogens with two attached hydrogens (primary N) is 2. The lowest BCUT2D eigenvalue weighted by molar-refractivity contribution is -0.131. The third kappa shape index (κ3) is 7.84. The Morgan fingerprint density at radius 2 is 1.63 bits per heavy atom. The molecule has 6 N–H and O–H groups in total. The van der Waals surface area contributed by atoms with E-state index in [9.17, 15) is 19.2 Å². The van der Waals surface area contributed by atoms with Crippen LogP contribution in [0.2, 0.25) is 5.02 Å². The van der Waals surface area contributed by atoms with Crippen molar-refractivity contribution in [2.75, 3.05) is 0 Å². The smallest absolute Gasteiger partial charge is 0.243 e. The Balaban J connectivity index is 2.09. The monoisotopic (exact) mass is 450 g/mol. The Morgan fingerprint density at radius 1 is 0.933 bits per heavy atom. The lowest BCUT2D eigenvalue weighted by atomic mass is 10.0. The summed E-state index contributed by atoms with van der Waals surface area (Å²) in [7, 11) is 0. The zero-order chi connectivity index (χ0) is 22.1. The molecule has 10 heteroatoms. The first kappa shape index (κ1) is 23.4. The van der Waals surface area contributed by atoms with E-state index in [-0.39, 0.29) is 25.7 Å². The van der Waals surface area contributed by atoms with Crippen LogP contribution in [-0.4, -0.2) is 35.7 Å². The molecule has 0 saturated carbocycles. The number of nitrogens with one attached hydrogen (secondary N) is 2. The van der Waals surface area contributed by atoms with Crippen molar-refractivity contribution >= 4 is 46.6 Å². The summed E-state index contributed by atoms with van der Waals surface area (Å²) in [6.45, 7) is 0. The normalized spacial score (nSPS) is 12.6. The molecule has 4 amide bonds. The molecule has 2 aromatic rings. The standard InChI is InChI=1S/C20H23ClN4O4S/c21-13-5-3-12(4-6-13)10-15(19(23)28)25-20(29)16(11-14-2-1-9-30-14)24-18(27)8-7-17(22)26/h1-6,9,15-16H,7-8,10-11H2,(H2,22,26)(H2,23,28)(H,24,27)(H,25,29)/t15-,16?/m0/s1. The third-order valence-electron chi connectivity index (χ3n) is 4.25.